The third-order valence-corrected chi connectivity index (χ3v) is 9.43. The van der Waals surface area contributed by atoms with Crippen molar-refractivity contribution < 1.29 is 18.0 Å². The van der Waals surface area contributed by atoms with Crippen molar-refractivity contribution in [2.24, 2.45) is 5.41 Å². The third-order valence-electron chi connectivity index (χ3n) is 4.71. The van der Waals surface area contributed by atoms with Crippen LogP contribution in [0.3, 0.4) is 0 Å². The van der Waals surface area contributed by atoms with Crippen molar-refractivity contribution in [3.63, 3.8) is 0 Å². The fraction of sp³-hybridized carbons (Fsp3) is 0.526. The minimum atomic E-state index is -4.40. The Labute approximate surface area is 143 Å². The SMILES string of the molecule is CC[Si](C#CC(C)(C)C(=O)c1ccc(C(F)(F)F)cc1)(CC)CC. The Morgan fingerprint density at radius 1 is 1.00 bits per heavy atom. The number of halogens is 3. The van der Waals surface area contributed by atoms with Crippen LogP contribution in [0.15, 0.2) is 24.3 Å². The lowest BCUT2D eigenvalue weighted by molar-refractivity contribution is -0.137. The number of hydrogen-bond acceptors (Lipinski definition) is 1. The predicted molar refractivity (Wildman–Crippen MR) is 94.5 cm³/mol. The fourth-order valence-corrected chi connectivity index (χ4v) is 5.14. The van der Waals surface area contributed by atoms with Gasteiger partial charge in [-0.3, -0.25) is 4.79 Å². The highest BCUT2D eigenvalue weighted by Crippen LogP contribution is 2.30. The molecule has 0 saturated heterocycles. The average molecular weight is 354 g/mol. The van der Waals surface area contributed by atoms with Crippen LogP contribution in [0.5, 0.6) is 0 Å². The molecule has 0 unspecified atom stereocenters. The first kappa shape index (κ1) is 20.5. The normalized spacial score (nSPS) is 12.5. The number of hydrogen-bond donors (Lipinski definition) is 0. The van der Waals surface area contributed by atoms with E-state index in [-0.39, 0.29) is 11.3 Å². The van der Waals surface area contributed by atoms with Gasteiger partial charge in [-0.25, -0.2) is 0 Å². The largest absolute Gasteiger partial charge is 0.416 e. The number of benzene rings is 1. The molecule has 0 N–H and O–H groups in total. The first-order valence-electron chi connectivity index (χ1n) is 8.27. The van der Waals surface area contributed by atoms with Gasteiger partial charge in [0.1, 0.15) is 8.07 Å². The Hall–Kier alpha value is -1.54. The summed E-state index contributed by atoms with van der Waals surface area (Å²) >= 11 is 0. The van der Waals surface area contributed by atoms with E-state index in [2.05, 4.69) is 32.2 Å². The highest BCUT2D eigenvalue weighted by atomic mass is 28.3. The Bertz CT molecular complexity index is 621. The second-order valence-corrected chi connectivity index (χ2v) is 11.6. The molecule has 0 atom stereocenters. The van der Waals surface area contributed by atoms with Gasteiger partial charge in [0.25, 0.3) is 0 Å². The summed E-state index contributed by atoms with van der Waals surface area (Å²) in [5, 5.41) is 0. The Balaban J connectivity index is 3.09. The van der Waals surface area contributed by atoms with E-state index in [1.165, 1.54) is 12.1 Å². The second-order valence-electron chi connectivity index (χ2n) is 6.62. The molecule has 5 heteroatoms. The monoisotopic (exact) mass is 354 g/mol. The van der Waals surface area contributed by atoms with Gasteiger partial charge >= 0.3 is 6.18 Å². The fourth-order valence-electron chi connectivity index (χ4n) is 2.53. The summed E-state index contributed by atoms with van der Waals surface area (Å²) in [6.45, 7) is 9.88. The molecule has 0 amide bonds. The molecule has 1 rings (SSSR count). The molecule has 0 heterocycles. The molecule has 132 valence electrons. The molecule has 1 aromatic carbocycles. The standard InChI is InChI=1S/C19H25F3OSi/c1-6-24(7-2,8-3)14-13-18(4,5)17(23)15-9-11-16(12-10-15)19(20,21)22/h9-12H,6-8H2,1-5H3. The molecule has 0 aliphatic carbocycles. The van der Waals surface area contributed by atoms with Gasteiger partial charge in [0.2, 0.25) is 0 Å². The summed E-state index contributed by atoms with van der Waals surface area (Å²) in [6, 6.07) is 7.48. The van der Waals surface area contributed by atoms with Crippen molar-refractivity contribution in [1.29, 1.82) is 0 Å². The molecular weight excluding hydrogens is 329 g/mol. The van der Waals surface area contributed by atoms with Crippen molar-refractivity contribution >= 4 is 13.9 Å². The zero-order chi connectivity index (χ0) is 18.6. The number of alkyl halides is 3. The van der Waals surface area contributed by atoms with Crippen molar-refractivity contribution in [3.05, 3.63) is 35.4 Å². The zero-order valence-electron chi connectivity index (χ0n) is 15.0. The number of ketones is 1. The van der Waals surface area contributed by atoms with E-state index in [0.29, 0.717) is 0 Å². The molecule has 0 spiro atoms. The minimum Gasteiger partial charge on any atom is -0.292 e. The molecule has 24 heavy (non-hydrogen) atoms. The van der Waals surface area contributed by atoms with Crippen molar-refractivity contribution in [1.82, 2.24) is 0 Å². The van der Waals surface area contributed by atoms with E-state index in [1.54, 1.807) is 13.8 Å². The number of carbonyl (C=O) groups is 1. The lowest BCUT2D eigenvalue weighted by Gasteiger charge is -2.22. The number of rotatable bonds is 5. The summed E-state index contributed by atoms with van der Waals surface area (Å²) in [7, 11) is -1.67. The van der Waals surface area contributed by atoms with Crippen LogP contribution in [-0.4, -0.2) is 13.9 Å². The van der Waals surface area contributed by atoms with Crippen LogP contribution in [-0.2, 0) is 6.18 Å². The second kappa shape index (κ2) is 7.56. The van der Waals surface area contributed by atoms with Crippen LogP contribution in [0, 0.1) is 16.9 Å². The minimum absolute atomic E-state index is 0.241. The lowest BCUT2D eigenvalue weighted by atomic mass is 9.85. The van der Waals surface area contributed by atoms with E-state index in [9.17, 15) is 18.0 Å². The van der Waals surface area contributed by atoms with Crippen LogP contribution in [0.2, 0.25) is 18.1 Å². The van der Waals surface area contributed by atoms with E-state index in [0.717, 1.165) is 30.3 Å². The number of Topliss-reactive ketones (excluding diaryl/α,β-unsaturated/α-hetero) is 1. The Morgan fingerprint density at radius 3 is 1.83 bits per heavy atom. The summed E-state index contributed by atoms with van der Waals surface area (Å²) in [5.74, 6) is 2.89. The molecular formula is C19H25F3OSi. The summed E-state index contributed by atoms with van der Waals surface area (Å²) in [4.78, 5) is 12.6. The van der Waals surface area contributed by atoms with Gasteiger partial charge in [-0.15, -0.1) is 5.54 Å². The molecule has 0 aliphatic rings. The smallest absolute Gasteiger partial charge is 0.292 e. The molecule has 0 aliphatic heterocycles. The average Bonchev–Trinajstić information content (AvgIpc) is 2.55. The van der Waals surface area contributed by atoms with E-state index in [4.69, 9.17) is 0 Å². The van der Waals surface area contributed by atoms with E-state index < -0.39 is 25.2 Å². The van der Waals surface area contributed by atoms with Crippen LogP contribution in [0.4, 0.5) is 13.2 Å². The molecule has 1 aromatic rings. The first-order valence-corrected chi connectivity index (χ1v) is 10.9. The first-order chi connectivity index (χ1) is 11.0. The van der Waals surface area contributed by atoms with Crippen LogP contribution >= 0.6 is 0 Å². The van der Waals surface area contributed by atoms with Gasteiger partial charge in [0, 0.05) is 5.56 Å². The molecule has 0 saturated carbocycles. The predicted octanol–water partition coefficient (Wildman–Crippen LogP) is 5.97. The van der Waals surface area contributed by atoms with Gasteiger partial charge < -0.3 is 0 Å². The van der Waals surface area contributed by atoms with Gasteiger partial charge in [-0.1, -0.05) is 38.8 Å². The highest BCUT2D eigenvalue weighted by Gasteiger charge is 2.32. The third kappa shape index (κ3) is 4.73. The summed E-state index contributed by atoms with van der Waals surface area (Å²) in [5.41, 5.74) is 2.00. The maximum atomic E-state index is 12.6. The van der Waals surface area contributed by atoms with E-state index in [1.807, 2.05) is 0 Å². The van der Waals surface area contributed by atoms with Crippen molar-refractivity contribution in [3.8, 4) is 11.5 Å². The maximum absolute atomic E-state index is 12.6. The molecule has 1 nitrogen and oxygen atoms in total. The Kier molecular flexibility index (Phi) is 6.46. The molecule has 0 radical (unpaired) electrons. The van der Waals surface area contributed by atoms with Gasteiger partial charge in [0.05, 0.1) is 11.0 Å². The topological polar surface area (TPSA) is 17.1 Å². The van der Waals surface area contributed by atoms with E-state index >= 15 is 0 Å². The maximum Gasteiger partial charge on any atom is 0.416 e. The van der Waals surface area contributed by atoms with Gasteiger partial charge in [-0.2, -0.15) is 13.2 Å². The van der Waals surface area contributed by atoms with Crippen molar-refractivity contribution in [2.75, 3.05) is 0 Å². The van der Waals surface area contributed by atoms with Gasteiger partial charge in [0.15, 0.2) is 5.78 Å². The van der Waals surface area contributed by atoms with Crippen LogP contribution in [0.25, 0.3) is 0 Å². The quantitative estimate of drug-likeness (QED) is 0.362. The Morgan fingerprint density at radius 2 is 1.46 bits per heavy atom. The van der Waals surface area contributed by atoms with Crippen molar-refractivity contribution in [2.45, 2.75) is 58.9 Å². The molecule has 0 fully saturated rings. The highest BCUT2D eigenvalue weighted by molar-refractivity contribution is 6.87. The van der Waals surface area contributed by atoms with Gasteiger partial charge in [-0.05, 0) is 44.1 Å². The summed E-state index contributed by atoms with van der Waals surface area (Å²) < 4.78 is 37.9. The molecule has 0 bridgehead atoms. The number of carbonyl (C=O) groups excluding carboxylic acids is 1. The van der Waals surface area contributed by atoms with Crippen LogP contribution in [0.1, 0.15) is 50.5 Å². The summed E-state index contributed by atoms with van der Waals surface area (Å²) in [6.07, 6.45) is -4.40. The zero-order valence-corrected chi connectivity index (χ0v) is 16.0. The lowest BCUT2D eigenvalue weighted by Crippen LogP contribution is -2.31. The molecule has 0 aromatic heterocycles. The van der Waals surface area contributed by atoms with Crippen LogP contribution < -0.4 is 0 Å².